The minimum Gasteiger partial charge on any atom is -0.335 e. The molecule has 0 amide bonds. The molecule has 2 N–H and O–H groups in total. The average molecular weight is 275 g/mol. The Morgan fingerprint density at radius 3 is 3.05 bits per heavy atom. The predicted octanol–water partition coefficient (Wildman–Crippen LogP) is 2.52. The minimum atomic E-state index is -0.129. The molecule has 2 aromatic rings. The number of nitrogens with zero attached hydrogens (tertiary/aromatic N) is 2. The van der Waals surface area contributed by atoms with E-state index >= 15 is 0 Å². The van der Waals surface area contributed by atoms with Gasteiger partial charge in [0.15, 0.2) is 0 Å². The molecule has 2 heterocycles. The van der Waals surface area contributed by atoms with E-state index in [4.69, 9.17) is 5.84 Å². The number of allylic oxidation sites excluding steroid dienone is 2. The van der Waals surface area contributed by atoms with E-state index in [-0.39, 0.29) is 5.56 Å². The van der Waals surface area contributed by atoms with Crippen LogP contribution in [0.1, 0.15) is 37.1 Å². The molecule has 0 spiro atoms. The van der Waals surface area contributed by atoms with Crippen molar-refractivity contribution in [1.82, 2.24) is 9.66 Å². The van der Waals surface area contributed by atoms with Crippen molar-refractivity contribution in [3.05, 3.63) is 38.8 Å². The van der Waals surface area contributed by atoms with Gasteiger partial charge in [-0.15, -0.1) is 11.3 Å². The number of nitrogens with two attached hydrogens (primary N) is 1. The van der Waals surface area contributed by atoms with Crippen LogP contribution in [0.2, 0.25) is 0 Å². The summed E-state index contributed by atoms with van der Waals surface area (Å²) in [6, 6.07) is 0. The van der Waals surface area contributed by atoms with Crippen LogP contribution in [0.5, 0.6) is 0 Å². The highest BCUT2D eigenvalue weighted by Crippen LogP contribution is 2.23. The van der Waals surface area contributed by atoms with E-state index in [1.807, 2.05) is 12.3 Å². The fourth-order valence-electron chi connectivity index (χ4n) is 2.57. The Morgan fingerprint density at radius 1 is 1.47 bits per heavy atom. The van der Waals surface area contributed by atoms with Crippen LogP contribution in [0.15, 0.2) is 21.8 Å². The fourth-order valence-corrected chi connectivity index (χ4v) is 3.51. The van der Waals surface area contributed by atoms with Crippen LogP contribution in [-0.4, -0.2) is 9.66 Å². The maximum Gasteiger partial charge on any atom is 0.280 e. The molecule has 0 aliphatic heterocycles. The third-order valence-electron chi connectivity index (χ3n) is 3.67. The highest BCUT2D eigenvalue weighted by molar-refractivity contribution is 7.16. The molecule has 0 saturated carbocycles. The molecular formula is C14H17N3OS. The molecule has 100 valence electrons. The first-order chi connectivity index (χ1) is 9.16. The largest absolute Gasteiger partial charge is 0.335 e. The summed E-state index contributed by atoms with van der Waals surface area (Å²) < 4.78 is 1.22. The molecule has 1 aliphatic rings. The van der Waals surface area contributed by atoms with Crippen LogP contribution in [0.25, 0.3) is 10.2 Å². The molecule has 19 heavy (non-hydrogen) atoms. The van der Waals surface area contributed by atoms with E-state index < -0.39 is 0 Å². The summed E-state index contributed by atoms with van der Waals surface area (Å²) in [6.07, 6.45) is 7.66. The van der Waals surface area contributed by atoms with Crippen molar-refractivity contribution >= 4 is 21.6 Å². The second-order valence-electron chi connectivity index (χ2n) is 5.09. The van der Waals surface area contributed by atoms with Crippen LogP contribution < -0.4 is 11.4 Å². The standard InChI is InChI=1S/C14H17N3OS/c1-9-8-19-13-12(9)14(18)17(15)11(16-13)7-10-5-3-2-4-6-10/h5,8H,2-4,6-7,15H2,1H3. The van der Waals surface area contributed by atoms with Gasteiger partial charge in [-0.3, -0.25) is 4.79 Å². The van der Waals surface area contributed by atoms with Gasteiger partial charge in [-0.05, 0) is 43.6 Å². The lowest BCUT2D eigenvalue weighted by Crippen LogP contribution is -2.31. The maximum absolute atomic E-state index is 12.3. The molecule has 0 aromatic carbocycles. The molecule has 5 heteroatoms. The normalized spacial score (nSPS) is 15.7. The van der Waals surface area contributed by atoms with Gasteiger partial charge in [0.05, 0.1) is 5.39 Å². The van der Waals surface area contributed by atoms with Crippen molar-refractivity contribution in [2.45, 2.75) is 39.0 Å². The summed E-state index contributed by atoms with van der Waals surface area (Å²) in [7, 11) is 0. The van der Waals surface area contributed by atoms with E-state index in [0.717, 1.165) is 23.2 Å². The third kappa shape index (κ3) is 2.18. The van der Waals surface area contributed by atoms with Gasteiger partial charge in [-0.2, -0.15) is 0 Å². The number of aryl methyl sites for hydroxylation is 1. The zero-order valence-electron chi connectivity index (χ0n) is 11.0. The number of rotatable bonds is 2. The zero-order chi connectivity index (χ0) is 13.4. The van der Waals surface area contributed by atoms with Crippen molar-refractivity contribution in [2.75, 3.05) is 5.84 Å². The summed E-state index contributed by atoms with van der Waals surface area (Å²) in [4.78, 5) is 17.6. The Morgan fingerprint density at radius 2 is 2.32 bits per heavy atom. The Bertz CT molecular complexity index is 711. The number of fused-ring (bicyclic) bond motifs is 1. The Kier molecular flexibility index (Phi) is 3.14. The minimum absolute atomic E-state index is 0.129. The molecule has 0 saturated heterocycles. The number of hydrogen-bond donors (Lipinski definition) is 1. The first kappa shape index (κ1) is 12.4. The Balaban J connectivity index is 2.06. The first-order valence-corrected chi connectivity index (χ1v) is 7.47. The molecule has 2 aromatic heterocycles. The topological polar surface area (TPSA) is 60.9 Å². The van der Waals surface area contributed by atoms with Crippen molar-refractivity contribution in [3.8, 4) is 0 Å². The van der Waals surface area contributed by atoms with Crippen LogP contribution in [-0.2, 0) is 6.42 Å². The molecule has 4 nitrogen and oxygen atoms in total. The van der Waals surface area contributed by atoms with Gasteiger partial charge in [0, 0.05) is 6.42 Å². The van der Waals surface area contributed by atoms with Crippen LogP contribution in [0.3, 0.4) is 0 Å². The summed E-state index contributed by atoms with van der Waals surface area (Å²) in [5.41, 5.74) is 2.18. The molecule has 0 bridgehead atoms. The summed E-state index contributed by atoms with van der Waals surface area (Å²) in [5.74, 6) is 6.59. The van der Waals surface area contributed by atoms with Crippen molar-refractivity contribution in [3.63, 3.8) is 0 Å². The second kappa shape index (κ2) is 4.81. The Hall–Kier alpha value is -1.62. The zero-order valence-corrected chi connectivity index (χ0v) is 11.8. The van der Waals surface area contributed by atoms with Crippen LogP contribution in [0, 0.1) is 6.92 Å². The second-order valence-corrected chi connectivity index (χ2v) is 5.95. The van der Waals surface area contributed by atoms with Gasteiger partial charge < -0.3 is 5.84 Å². The Labute approximate surface area is 115 Å². The summed E-state index contributed by atoms with van der Waals surface area (Å²) in [6.45, 7) is 1.92. The summed E-state index contributed by atoms with van der Waals surface area (Å²) in [5, 5.41) is 2.62. The number of thiophene rings is 1. The van der Waals surface area contributed by atoms with Crippen molar-refractivity contribution in [1.29, 1.82) is 0 Å². The lowest BCUT2D eigenvalue weighted by Gasteiger charge is -2.13. The lowest BCUT2D eigenvalue weighted by molar-refractivity contribution is 0.674. The number of aromatic nitrogens is 2. The van der Waals surface area contributed by atoms with Gasteiger partial charge >= 0.3 is 0 Å². The monoisotopic (exact) mass is 275 g/mol. The van der Waals surface area contributed by atoms with E-state index in [2.05, 4.69) is 11.1 Å². The van der Waals surface area contributed by atoms with E-state index in [1.54, 1.807) is 0 Å². The number of nitrogen functional groups attached to an aromatic ring is 1. The quantitative estimate of drug-likeness (QED) is 0.676. The van der Waals surface area contributed by atoms with Crippen molar-refractivity contribution < 1.29 is 0 Å². The third-order valence-corrected chi connectivity index (χ3v) is 4.66. The maximum atomic E-state index is 12.3. The van der Waals surface area contributed by atoms with Crippen LogP contribution in [0.4, 0.5) is 0 Å². The van der Waals surface area contributed by atoms with E-state index in [1.165, 1.54) is 34.4 Å². The molecule has 3 rings (SSSR count). The highest BCUT2D eigenvalue weighted by atomic mass is 32.1. The van der Waals surface area contributed by atoms with Crippen LogP contribution >= 0.6 is 11.3 Å². The lowest BCUT2D eigenvalue weighted by atomic mass is 9.97. The molecule has 0 fully saturated rings. The van der Waals surface area contributed by atoms with E-state index in [0.29, 0.717) is 17.6 Å². The molecule has 1 aliphatic carbocycles. The molecule has 0 atom stereocenters. The average Bonchev–Trinajstić information content (AvgIpc) is 2.78. The predicted molar refractivity (Wildman–Crippen MR) is 79.0 cm³/mol. The fraction of sp³-hybridized carbons (Fsp3) is 0.429. The molecule has 0 radical (unpaired) electrons. The van der Waals surface area contributed by atoms with Gasteiger partial charge in [0.25, 0.3) is 5.56 Å². The summed E-state index contributed by atoms with van der Waals surface area (Å²) >= 11 is 1.51. The smallest absolute Gasteiger partial charge is 0.280 e. The first-order valence-electron chi connectivity index (χ1n) is 6.59. The van der Waals surface area contributed by atoms with Crippen molar-refractivity contribution in [2.24, 2.45) is 0 Å². The molecule has 0 unspecified atom stereocenters. The van der Waals surface area contributed by atoms with Gasteiger partial charge in [-0.25, -0.2) is 9.66 Å². The van der Waals surface area contributed by atoms with Gasteiger partial charge in [-0.1, -0.05) is 11.6 Å². The highest BCUT2D eigenvalue weighted by Gasteiger charge is 2.14. The van der Waals surface area contributed by atoms with Gasteiger partial charge in [0.2, 0.25) is 0 Å². The SMILES string of the molecule is Cc1csc2nc(CC3=CCCCC3)n(N)c(=O)c12. The molecular weight excluding hydrogens is 258 g/mol. The van der Waals surface area contributed by atoms with E-state index in [9.17, 15) is 4.79 Å². The van der Waals surface area contributed by atoms with Gasteiger partial charge in [0.1, 0.15) is 10.7 Å². The number of hydrogen-bond acceptors (Lipinski definition) is 4.